The average molecular weight is 276 g/mol. The number of aromatic amines is 1. The van der Waals surface area contributed by atoms with Gasteiger partial charge in [0.05, 0.1) is 7.11 Å². The molecule has 0 aliphatic heterocycles. The minimum atomic E-state index is -3.51. The van der Waals surface area contributed by atoms with Gasteiger partial charge in [-0.25, -0.2) is 8.42 Å². The van der Waals surface area contributed by atoms with Gasteiger partial charge in [-0.05, 0) is 30.3 Å². The van der Waals surface area contributed by atoms with Gasteiger partial charge in [-0.15, -0.1) is 0 Å². The summed E-state index contributed by atoms with van der Waals surface area (Å²) in [6, 6.07) is 8.91. The van der Waals surface area contributed by atoms with Crippen LogP contribution < -0.4 is 4.74 Å². The maximum Gasteiger partial charge on any atom is 0.185 e. The number of sulfone groups is 1. The van der Waals surface area contributed by atoms with Gasteiger partial charge in [0.15, 0.2) is 9.84 Å². The molecule has 1 N–H and O–H groups in total. The number of fused-ring (bicyclic) bond motifs is 1. The first kappa shape index (κ1) is 13.2. The highest BCUT2D eigenvalue weighted by Crippen LogP contribution is 2.22. The topological polar surface area (TPSA) is 82.9 Å². The number of aromatic nitrogens is 1. The fraction of sp³-hybridized carbons (Fsp3) is 0.154. The summed E-state index contributed by atoms with van der Waals surface area (Å²) in [6.07, 6.45) is 2.33. The van der Waals surface area contributed by atoms with E-state index in [0.29, 0.717) is 11.4 Å². The summed E-state index contributed by atoms with van der Waals surface area (Å²) in [7, 11) is -1.93. The predicted octanol–water partition coefficient (Wildman–Crippen LogP) is 2.09. The summed E-state index contributed by atoms with van der Waals surface area (Å²) in [5.74, 6) is 0.714. The predicted molar refractivity (Wildman–Crippen MR) is 73.3 cm³/mol. The van der Waals surface area contributed by atoms with Crippen molar-refractivity contribution < 1.29 is 13.2 Å². The molecule has 1 heterocycles. The zero-order valence-corrected chi connectivity index (χ0v) is 11.3. The number of nitrogens with zero attached hydrogens (tertiary/aromatic N) is 1. The number of hydrogen-bond acceptors (Lipinski definition) is 4. The first-order chi connectivity index (χ1) is 8.94. The summed E-state index contributed by atoms with van der Waals surface area (Å²) in [4.78, 5) is 2.76. The third-order valence-electron chi connectivity index (χ3n) is 2.65. The smallest absolute Gasteiger partial charge is 0.185 e. The largest absolute Gasteiger partial charge is 0.497 e. The van der Waals surface area contributed by atoms with Crippen LogP contribution in [0.1, 0.15) is 5.69 Å². The Kier molecular flexibility index (Phi) is 3.32. The number of H-pyrrole nitrogens is 1. The van der Waals surface area contributed by atoms with Gasteiger partial charge in [0.2, 0.25) is 0 Å². The zero-order chi connectivity index (χ0) is 14.0. The molecule has 6 heteroatoms. The first-order valence-corrected chi connectivity index (χ1v) is 7.32. The molecule has 19 heavy (non-hydrogen) atoms. The molecule has 0 aliphatic carbocycles. The summed E-state index contributed by atoms with van der Waals surface area (Å²) in [5.41, 5.74) is 1.41. The van der Waals surface area contributed by atoms with E-state index in [2.05, 4.69) is 4.98 Å². The molecule has 0 saturated heterocycles. The summed E-state index contributed by atoms with van der Waals surface area (Å²) in [5, 5.41) is 9.73. The van der Waals surface area contributed by atoms with Gasteiger partial charge < -0.3 is 9.72 Å². The number of allylic oxidation sites excluding steroid dienone is 1. The van der Waals surface area contributed by atoms with E-state index in [1.807, 2.05) is 12.1 Å². The van der Waals surface area contributed by atoms with Crippen molar-refractivity contribution in [1.29, 1.82) is 5.26 Å². The Morgan fingerprint density at radius 3 is 2.74 bits per heavy atom. The number of benzene rings is 1. The van der Waals surface area contributed by atoms with Crippen molar-refractivity contribution in [1.82, 2.24) is 4.98 Å². The highest BCUT2D eigenvalue weighted by molar-refractivity contribution is 7.95. The third-order valence-corrected chi connectivity index (χ3v) is 3.65. The van der Waals surface area contributed by atoms with Crippen LogP contribution in [0.5, 0.6) is 5.75 Å². The summed E-state index contributed by atoms with van der Waals surface area (Å²) in [6.45, 7) is 0. The standard InChI is InChI=1S/C13H12N2O3S/c1-18-11-3-4-13-9(6-11)5-10(15-13)7-12(8-14)19(2,16)17/h3-7,15H,1-2H3. The Balaban J connectivity index is 2.53. The fourth-order valence-corrected chi connectivity index (χ4v) is 2.21. The second-order valence-corrected chi connectivity index (χ2v) is 6.05. The lowest BCUT2D eigenvalue weighted by Gasteiger charge is -1.97. The maximum absolute atomic E-state index is 11.4. The number of ether oxygens (including phenoxy) is 1. The second kappa shape index (κ2) is 4.78. The molecule has 1 aromatic heterocycles. The molecule has 2 rings (SSSR count). The fourth-order valence-electron chi connectivity index (χ4n) is 1.70. The summed E-state index contributed by atoms with van der Waals surface area (Å²) < 4.78 is 27.8. The van der Waals surface area contributed by atoms with Crippen LogP contribution in [0.4, 0.5) is 0 Å². The number of rotatable bonds is 3. The van der Waals surface area contributed by atoms with Crippen molar-refractivity contribution >= 4 is 26.8 Å². The van der Waals surface area contributed by atoms with Crippen LogP contribution in [0.15, 0.2) is 29.2 Å². The lowest BCUT2D eigenvalue weighted by Crippen LogP contribution is -1.98. The van der Waals surface area contributed by atoms with E-state index >= 15 is 0 Å². The van der Waals surface area contributed by atoms with E-state index < -0.39 is 9.84 Å². The average Bonchev–Trinajstić information content (AvgIpc) is 2.75. The molecule has 5 nitrogen and oxygen atoms in total. The monoisotopic (exact) mass is 276 g/mol. The van der Waals surface area contributed by atoms with Crippen molar-refractivity contribution in [3.8, 4) is 11.8 Å². The Bertz CT molecular complexity index is 795. The lowest BCUT2D eigenvalue weighted by molar-refractivity contribution is 0.415. The zero-order valence-electron chi connectivity index (χ0n) is 10.5. The number of methoxy groups -OCH3 is 1. The van der Waals surface area contributed by atoms with E-state index in [0.717, 1.165) is 17.2 Å². The highest BCUT2D eigenvalue weighted by Gasteiger charge is 2.11. The molecule has 0 aliphatic rings. The van der Waals surface area contributed by atoms with E-state index in [-0.39, 0.29) is 4.91 Å². The van der Waals surface area contributed by atoms with Crippen LogP contribution in [0, 0.1) is 11.3 Å². The van der Waals surface area contributed by atoms with Gasteiger partial charge in [0, 0.05) is 22.9 Å². The third kappa shape index (κ3) is 2.77. The molecule has 1 aromatic carbocycles. The SMILES string of the molecule is COc1ccc2[nH]c(C=C(C#N)S(C)(=O)=O)cc2c1. The van der Waals surface area contributed by atoms with Gasteiger partial charge in [0.1, 0.15) is 16.7 Å². The molecule has 0 radical (unpaired) electrons. The van der Waals surface area contributed by atoms with Crippen LogP contribution in [-0.4, -0.2) is 26.8 Å². The molecule has 0 bridgehead atoms. The molecular formula is C13H12N2O3S. The molecule has 0 saturated carbocycles. The van der Waals surface area contributed by atoms with E-state index in [4.69, 9.17) is 10.00 Å². The van der Waals surface area contributed by atoms with Gasteiger partial charge >= 0.3 is 0 Å². The van der Waals surface area contributed by atoms with Crippen molar-refractivity contribution in [3.05, 3.63) is 34.9 Å². The Morgan fingerprint density at radius 1 is 1.42 bits per heavy atom. The van der Waals surface area contributed by atoms with Crippen LogP contribution in [0.25, 0.3) is 17.0 Å². The van der Waals surface area contributed by atoms with E-state index in [1.165, 1.54) is 6.08 Å². The van der Waals surface area contributed by atoms with Crippen LogP contribution in [-0.2, 0) is 9.84 Å². The molecule has 98 valence electrons. The van der Waals surface area contributed by atoms with Crippen molar-refractivity contribution in [2.75, 3.05) is 13.4 Å². The lowest BCUT2D eigenvalue weighted by atomic mass is 10.2. The Morgan fingerprint density at radius 2 is 2.16 bits per heavy atom. The van der Waals surface area contributed by atoms with Crippen LogP contribution in [0.3, 0.4) is 0 Å². The Hall–Kier alpha value is -2.26. The first-order valence-electron chi connectivity index (χ1n) is 5.42. The van der Waals surface area contributed by atoms with Crippen LogP contribution >= 0.6 is 0 Å². The highest BCUT2D eigenvalue weighted by atomic mass is 32.2. The Labute approximate surface area is 111 Å². The minimum absolute atomic E-state index is 0.272. The number of nitriles is 1. The number of nitrogens with one attached hydrogen (secondary N) is 1. The van der Waals surface area contributed by atoms with Gasteiger partial charge in [-0.3, -0.25) is 0 Å². The summed E-state index contributed by atoms with van der Waals surface area (Å²) >= 11 is 0. The molecule has 2 aromatic rings. The van der Waals surface area contributed by atoms with E-state index in [9.17, 15) is 8.42 Å². The molecule has 0 spiro atoms. The molecule has 0 amide bonds. The second-order valence-electron chi connectivity index (χ2n) is 4.07. The van der Waals surface area contributed by atoms with E-state index in [1.54, 1.807) is 25.3 Å². The van der Waals surface area contributed by atoms with Gasteiger partial charge in [-0.2, -0.15) is 5.26 Å². The molecule has 0 atom stereocenters. The van der Waals surface area contributed by atoms with Crippen molar-refractivity contribution in [2.45, 2.75) is 0 Å². The van der Waals surface area contributed by atoms with Gasteiger partial charge in [-0.1, -0.05) is 0 Å². The number of hydrogen-bond donors (Lipinski definition) is 1. The molecular weight excluding hydrogens is 264 g/mol. The van der Waals surface area contributed by atoms with Crippen molar-refractivity contribution in [2.24, 2.45) is 0 Å². The van der Waals surface area contributed by atoms with Gasteiger partial charge in [0.25, 0.3) is 0 Å². The maximum atomic E-state index is 11.4. The van der Waals surface area contributed by atoms with Crippen molar-refractivity contribution in [3.63, 3.8) is 0 Å². The quantitative estimate of drug-likeness (QED) is 0.870. The minimum Gasteiger partial charge on any atom is -0.497 e. The van der Waals surface area contributed by atoms with Crippen LogP contribution in [0.2, 0.25) is 0 Å². The normalized spacial score (nSPS) is 12.4. The molecule has 0 fully saturated rings. The molecule has 0 unspecified atom stereocenters.